The molecule has 25 heavy (non-hydrogen) atoms. The van der Waals surface area contributed by atoms with Crippen LogP contribution in [0.2, 0.25) is 0 Å². The number of pyridine rings is 1. The van der Waals surface area contributed by atoms with E-state index in [2.05, 4.69) is 50.0 Å². The van der Waals surface area contributed by atoms with E-state index >= 15 is 0 Å². The lowest BCUT2D eigenvalue weighted by Gasteiger charge is -2.31. The van der Waals surface area contributed by atoms with Gasteiger partial charge in [0.1, 0.15) is 0 Å². The standard InChI is InChI=1S/C22H29NO2/c1-5-22(6-2,7-3)19-12-10-18(11-13-19)20-14-9-17(16-23-20)15-21(24)25-8-4/h9-14,16H,5-8,15H2,1-4H3. The third-order valence-electron chi connectivity index (χ3n) is 5.30. The number of rotatable bonds is 8. The van der Waals surface area contributed by atoms with E-state index in [9.17, 15) is 4.79 Å². The molecule has 2 aromatic rings. The van der Waals surface area contributed by atoms with Crippen LogP contribution in [0.1, 0.15) is 58.1 Å². The second kappa shape index (κ2) is 8.80. The topological polar surface area (TPSA) is 39.2 Å². The van der Waals surface area contributed by atoms with E-state index in [1.807, 2.05) is 19.1 Å². The van der Waals surface area contributed by atoms with E-state index in [1.165, 1.54) is 5.56 Å². The van der Waals surface area contributed by atoms with Crippen molar-refractivity contribution in [1.29, 1.82) is 0 Å². The van der Waals surface area contributed by atoms with Gasteiger partial charge in [0.05, 0.1) is 18.7 Å². The van der Waals surface area contributed by atoms with Crippen LogP contribution in [-0.4, -0.2) is 17.6 Å². The molecule has 0 amide bonds. The summed E-state index contributed by atoms with van der Waals surface area (Å²) < 4.78 is 4.97. The molecule has 0 atom stereocenters. The van der Waals surface area contributed by atoms with E-state index in [0.717, 1.165) is 36.1 Å². The average molecular weight is 339 g/mol. The van der Waals surface area contributed by atoms with Crippen LogP contribution in [0.4, 0.5) is 0 Å². The van der Waals surface area contributed by atoms with Gasteiger partial charge in [-0.25, -0.2) is 0 Å². The molecule has 1 aromatic heterocycles. The number of carbonyl (C=O) groups excluding carboxylic acids is 1. The number of hydrogen-bond donors (Lipinski definition) is 0. The first-order chi connectivity index (χ1) is 12.1. The van der Waals surface area contributed by atoms with Crippen LogP contribution < -0.4 is 0 Å². The van der Waals surface area contributed by atoms with Crippen molar-refractivity contribution < 1.29 is 9.53 Å². The maximum Gasteiger partial charge on any atom is 0.310 e. The van der Waals surface area contributed by atoms with Gasteiger partial charge < -0.3 is 4.74 Å². The van der Waals surface area contributed by atoms with Crippen LogP contribution in [0.3, 0.4) is 0 Å². The lowest BCUT2D eigenvalue weighted by Crippen LogP contribution is -2.23. The summed E-state index contributed by atoms with van der Waals surface area (Å²) in [6, 6.07) is 12.7. The number of nitrogens with zero attached hydrogens (tertiary/aromatic N) is 1. The van der Waals surface area contributed by atoms with Crippen LogP contribution in [0.25, 0.3) is 11.3 Å². The van der Waals surface area contributed by atoms with Gasteiger partial charge in [-0.2, -0.15) is 0 Å². The summed E-state index contributed by atoms with van der Waals surface area (Å²) in [5.74, 6) is -0.212. The van der Waals surface area contributed by atoms with Crippen molar-refractivity contribution in [3.63, 3.8) is 0 Å². The average Bonchev–Trinajstić information content (AvgIpc) is 2.65. The number of aromatic nitrogens is 1. The minimum Gasteiger partial charge on any atom is -0.466 e. The van der Waals surface area contributed by atoms with Gasteiger partial charge in [0.25, 0.3) is 0 Å². The maximum atomic E-state index is 11.5. The fourth-order valence-corrected chi connectivity index (χ4v) is 3.44. The molecule has 0 N–H and O–H groups in total. The molecule has 0 bridgehead atoms. The van der Waals surface area contributed by atoms with Gasteiger partial charge in [-0.3, -0.25) is 9.78 Å². The summed E-state index contributed by atoms with van der Waals surface area (Å²) in [6.07, 6.45) is 5.49. The Morgan fingerprint density at radius 3 is 2.08 bits per heavy atom. The van der Waals surface area contributed by atoms with Crippen molar-refractivity contribution in [1.82, 2.24) is 4.98 Å². The highest BCUT2D eigenvalue weighted by molar-refractivity contribution is 5.72. The van der Waals surface area contributed by atoms with Gasteiger partial charge in [0.2, 0.25) is 0 Å². The van der Waals surface area contributed by atoms with Crippen molar-refractivity contribution in [3.05, 3.63) is 53.7 Å². The SMILES string of the molecule is CCOC(=O)Cc1ccc(-c2ccc(C(CC)(CC)CC)cc2)nc1. The Morgan fingerprint density at radius 2 is 1.60 bits per heavy atom. The molecule has 3 heteroatoms. The Balaban J connectivity index is 2.16. The minimum atomic E-state index is -0.212. The molecule has 0 radical (unpaired) electrons. The van der Waals surface area contributed by atoms with Crippen LogP contribution in [0.15, 0.2) is 42.6 Å². The Morgan fingerprint density at radius 1 is 0.960 bits per heavy atom. The molecule has 0 spiro atoms. The predicted octanol–water partition coefficient (Wildman–Crippen LogP) is 5.32. The van der Waals surface area contributed by atoms with Gasteiger partial charge in [-0.1, -0.05) is 51.1 Å². The monoisotopic (exact) mass is 339 g/mol. The fraction of sp³-hybridized carbons (Fsp3) is 0.455. The number of carbonyl (C=O) groups is 1. The van der Waals surface area contributed by atoms with E-state index in [1.54, 1.807) is 6.20 Å². The molecule has 0 unspecified atom stereocenters. The fourth-order valence-electron chi connectivity index (χ4n) is 3.44. The summed E-state index contributed by atoms with van der Waals surface area (Å²) in [4.78, 5) is 16.0. The van der Waals surface area contributed by atoms with Crippen molar-refractivity contribution in [2.75, 3.05) is 6.61 Å². The molecule has 0 fully saturated rings. The van der Waals surface area contributed by atoms with Gasteiger partial charge in [0.15, 0.2) is 0 Å². The summed E-state index contributed by atoms with van der Waals surface area (Å²) >= 11 is 0. The normalized spacial score (nSPS) is 11.4. The smallest absolute Gasteiger partial charge is 0.310 e. The quantitative estimate of drug-likeness (QED) is 0.611. The molecular weight excluding hydrogens is 310 g/mol. The highest BCUT2D eigenvalue weighted by Gasteiger charge is 2.25. The Bertz CT molecular complexity index is 662. The highest BCUT2D eigenvalue weighted by atomic mass is 16.5. The number of benzene rings is 1. The second-order valence-corrected chi connectivity index (χ2v) is 6.45. The molecule has 0 saturated carbocycles. The Kier molecular flexibility index (Phi) is 6.74. The summed E-state index contributed by atoms with van der Waals surface area (Å²) in [5, 5.41) is 0. The van der Waals surface area contributed by atoms with Crippen molar-refractivity contribution in [2.24, 2.45) is 0 Å². The molecule has 0 saturated heterocycles. The summed E-state index contributed by atoms with van der Waals surface area (Å²) in [7, 11) is 0. The van der Waals surface area contributed by atoms with Crippen LogP contribution in [0, 0.1) is 0 Å². The predicted molar refractivity (Wildman–Crippen MR) is 103 cm³/mol. The van der Waals surface area contributed by atoms with E-state index in [4.69, 9.17) is 4.74 Å². The van der Waals surface area contributed by atoms with Crippen molar-refractivity contribution in [2.45, 2.75) is 58.8 Å². The first-order valence-corrected chi connectivity index (χ1v) is 9.30. The van der Waals surface area contributed by atoms with E-state index < -0.39 is 0 Å². The molecule has 0 aliphatic carbocycles. The number of hydrogen-bond acceptors (Lipinski definition) is 3. The first kappa shape index (κ1) is 19.2. The number of esters is 1. The van der Waals surface area contributed by atoms with Crippen molar-refractivity contribution >= 4 is 5.97 Å². The van der Waals surface area contributed by atoms with E-state index in [-0.39, 0.29) is 17.8 Å². The number of ether oxygens (including phenoxy) is 1. The molecule has 0 aliphatic rings. The van der Waals surface area contributed by atoms with Gasteiger partial charge >= 0.3 is 5.97 Å². The molecule has 2 rings (SSSR count). The zero-order valence-corrected chi connectivity index (χ0v) is 15.8. The van der Waals surface area contributed by atoms with E-state index in [0.29, 0.717) is 6.61 Å². The third-order valence-corrected chi connectivity index (χ3v) is 5.30. The van der Waals surface area contributed by atoms with Gasteiger partial charge in [-0.05, 0) is 48.8 Å². The Labute approximate surface area is 151 Å². The summed E-state index contributed by atoms with van der Waals surface area (Å²) in [5.41, 5.74) is 4.58. The van der Waals surface area contributed by atoms with Crippen LogP contribution in [-0.2, 0) is 21.4 Å². The Hall–Kier alpha value is -2.16. The van der Waals surface area contributed by atoms with Gasteiger partial charge in [-0.15, -0.1) is 0 Å². The second-order valence-electron chi connectivity index (χ2n) is 6.45. The largest absolute Gasteiger partial charge is 0.466 e. The van der Waals surface area contributed by atoms with Crippen LogP contribution in [0.5, 0.6) is 0 Å². The van der Waals surface area contributed by atoms with Crippen molar-refractivity contribution in [3.8, 4) is 11.3 Å². The summed E-state index contributed by atoms with van der Waals surface area (Å²) in [6.45, 7) is 9.03. The zero-order valence-electron chi connectivity index (χ0n) is 15.8. The minimum absolute atomic E-state index is 0.212. The molecule has 0 aliphatic heterocycles. The molecule has 3 nitrogen and oxygen atoms in total. The molecular formula is C22H29NO2. The lowest BCUT2D eigenvalue weighted by molar-refractivity contribution is -0.142. The zero-order chi connectivity index (χ0) is 18.3. The highest BCUT2D eigenvalue weighted by Crippen LogP contribution is 2.35. The molecule has 1 heterocycles. The first-order valence-electron chi connectivity index (χ1n) is 9.30. The molecule has 1 aromatic carbocycles. The molecule has 134 valence electrons. The maximum absolute atomic E-state index is 11.5. The van der Waals surface area contributed by atoms with Gasteiger partial charge in [0, 0.05) is 11.8 Å². The lowest BCUT2D eigenvalue weighted by atomic mass is 9.73. The third kappa shape index (κ3) is 4.47. The van der Waals surface area contributed by atoms with Crippen LogP contribution >= 0.6 is 0 Å².